The van der Waals surface area contributed by atoms with Crippen LogP contribution in [-0.2, 0) is 10.2 Å². The van der Waals surface area contributed by atoms with Gasteiger partial charge in [-0.1, -0.05) is 30.3 Å². The Kier molecular flexibility index (Phi) is 6.65. The third-order valence-electron chi connectivity index (χ3n) is 9.61. The Balaban J connectivity index is 1.06. The Hall–Kier alpha value is -3.38. The maximum atomic E-state index is 13.4. The standard InChI is InChI=1S/C31H35F2N5O2/c1-20-10-26(13-34)35-21(2)27(20)29(40)37-16-23-14-36(15-24(23)17-37)9-8-30(25-6-4-3-5-7-25)18-38(19-30)28(39)22-11-31(32,33)12-22/h3-7,10,22-24H,8-9,11-12,14-19H2,1-2H3/t23-,24+. The second-order valence-electron chi connectivity index (χ2n) is 12.4. The second-order valence-corrected chi connectivity index (χ2v) is 12.4. The minimum atomic E-state index is -2.69. The monoisotopic (exact) mass is 547 g/mol. The Morgan fingerprint density at radius 3 is 2.25 bits per heavy atom. The third-order valence-corrected chi connectivity index (χ3v) is 9.61. The molecule has 0 spiro atoms. The molecule has 2 atom stereocenters. The Morgan fingerprint density at radius 2 is 1.68 bits per heavy atom. The lowest BCUT2D eigenvalue weighted by Gasteiger charge is -2.53. The Bertz CT molecular complexity index is 1320. The van der Waals surface area contributed by atoms with Crippen LogP contribution in [0.3, 0.4) is 0 Å². The summed E-state index contributed by atoms with van der Waals surface area (Å²) in [5, 5.41) is 9.17. The van der Waals surface area contributed by atoms with Gasteiger partial charge in [0.25, 0.3) is 5.91 Å². The molecular formula is C31H35F2N5O2. The molecule has 1 aromatic carbocycles. The van der Waals surface area contributed by atoms with E-state index < -0.39 is 11.8 Å². The fraction of sp³-hybridized carbons (Fsp3) is 0.548. The number of halogens is 2. The van der Waals surface area contributed by atoms with Crippen molar-refractivity contribution in [2.75, 3.05) is 45.8 Å². The van der Waals surface area contributed by atoms with Gasteiger partial charge in [-0.2, -0.15) is 5.26 Å². The van der Waals surface area contributed by atoms with Gasteiger partial charge in [0.15, 0.2) is 0 Å². The van der Waals surface area contributed by atoms with Gasteiger partial charge in [0.1, 0.15) is 11.8 Å². The summed E-state index contributed by atoms with van der Waals surface area (Å²) in [7, 11) is 0. The first-order valence-electron chi connectivity index (χ1n) is 14.2. The fourth-order valence-corrected chi connectivity index (χ4v) is 7.39. The van der Waals surface area contributed by atoms with Crippen LogP contribution in [-0.4, -0.2) is 83.2 Å². The van der Waals surface area contributed by atoms with Crippen LogP contribution < -0.4 is 0 Å². The number of benzene rings is 1. The number of nitriles is 1. The SMILES string of the molecule is Cc1cc(C#N)nc(C)c1C(=O)N1C[C@H]2CN(CCC3(c4ccccc4)CN(C(=O)C4CC(F)(F)C4)C3)C[C@H]2C1. The molecule has 0 bridgehead atoms. The molecule has 7 nitrogen and oxygen atoms in total. The van der Waals surface area contributed by atoms with Crippen molar-refractivity contribution in [2.45, 2.75) is 44.4 Å². The van der Waals surface area contributed by atoms with Gasteiger partial charge in [-0.05, 0) is 55.8 Å². The van der Waals surface area contributed by atoms with E-state index in [1.807, 2.05) is 30.0 Å². The molecular weight excluding hydrogens is 512 g/mol. The van der Waals surface area contributed by atoms with Gasteiger partial charge in [0.05, 0.1) is 11.3 Å². The first-order valence-corrected chi connectivity index (χ1v) is 14.2. The zero-order valence-corrected chi connectivity index (χ0v) is 23.1. The number of rotatable bonds is 6. The Morgan fingerprint density at radius 1 is 1.02 bits per heavy atom. The lowest BCUT2D eigenvalue weighted by molar-refractivity contribution is -0.167. The summed E-state index contributed by atoms with van der Waals surface area (Å²) in [6.07, 6.45) is 0.258. The summed E-state index contributed by atoms with van der Waals surface area (Å²) in [5.74, 6) is -2.52. The highest BCUT2D eigenvalue weighted by Gasteiger charge is 2.54. The van der Waals surface area contributed by atoms with E-state index in [-0.39, 0.29) is 30.1 Å². The largest absolute Gasteiger partial charge is 0.341 e. The molecule has 40 heavy (non-hydrogen) atoms. The van der Waals surface area contributed by atoms with E-state index in [4.69, 9.17) is 0 Å². The van der Waals surface area contributed by atoms with Crippen LogP contribution >= 0.6 is 0 Å². The molecule has 1 saturated carbocycles. The summed E-state index contributed by atoms with van der Waals surface area (Å²) in [4.78, 5) is 36.7. The normalized spacial score (nSPS) is 25.2. The van der Waals surface area contributed by atoms with Crippen LogP contribution in [0.2, 0.25) is 0 Å². The van der Waals surface area contributed by atoms with Gasteiger partial charge in [-0.3, -0.25) is 9.59 Å². The van der Waals surface area contributed by atoms with Crippen molar-refractivity contribution in [3.8, 4) is 6.07 Å². The molecule has 0 unspecified atom stereocenters. The van der Waals surface area contributed by atoms with Crippen LogP contribution in [0, 0.1) is 42.9 Å². The molecule has 1 aromatic heterocycles. The highest BCUT2D eigenvalue weighted by Crippen LogP contribution is 2.46. The molecule has 4 aliphatic rings. The van der Waals surface area contributed by atoms with Crippen molar-refractivity contribution in [1.82, 2.24) is 19.7 Å². The van der Waals surface area contributed by atoms with Gasteiger partial charge >= 0.3 is 0 Å². The summed E-state index contributed by atoms with van der Waals surface area (Å²) in [5.41, 5.74) is 3.38. The molecule has 6 rings (SSSR count). The van der Waals surface area contributed by atoms with Gasteiger partial charge in [-0.25, -0.2) is 13.8 Å². The van der Waals surface area contributed by atoms with Crippen molar-refractivity contribution in [3.05, 3.63) is 64.5 Å². The molecule has 9 heteroatoms. The van der Waals surface area contributed by atoms with Crippen LogP contribution in [0.15, 0.2) is 36.4 Å². The maximum Gasteiger partial charge on any atom is 0.255 e. The lowest BCUT2D eigenvalue weighted by atomic mass is 9.69. The number of aromatic nitrogens is 1. The van der Waals surface area contributed by atoms with E-state index in [9.17, 15) is 23.6 Å². The van der Waals surface area contributed by atoms with Crippen molar-refractivity contribution < 1.29 is 18.4 Å². The number of hydrogen-bond acceptors (Lipinski definition) is 5. The number of amides is 2. The van der Waals surface area contributed by atoms with Crippen LogP contribution in [0.1, 0.15) is 52.1 Å². The van der Waals surface area contributed by atoms with E-state index >= 15 is 0 Å². The number of likely N-dealkylation sites (tertiary alicyclic amines) is 3. The second kappa shape index (κ2) is 9.91. The third kappa shape index (κ3) is 4.77. The van der Waals surface area contributed by atoms with Crippen molar-refractivity contribution in [1.29, 1.82) is 5.26 Å². The van der Waals surface area contributed by atoms with E-state index in [0.717, 1.165) is 44.7 Å². The maximum absolute atomic E-state index is 13.4. The average Bonchev–Trinajstić information content (AvgIpc) is 3.45. The topological polar surface area (TPSA) is 80.5 Å². The van der Waals surface area contributed by atoms with Gasteiger partial charge in [0, 0.05) is 63.4 Å². The molecule has 1 aliphatic carbocycles. The zero-order valence-electron chi connectivity index (χ0n) is 23.1. The molecule has 2 aromatic rings. The zero-order chi connectivity index (χ0) is 28.2. The van der Waals surface area contributed by atoms with Gasteiger partial charge in [0.2, 0.25) is 11.8 Å². The predicted molar refractivity (Wildman–Crippen MR) is 145 cm³/mol. The summed E-state index contributed by atoms with van der Waals surface area (Å²) in [6, 6.07) is 14.0. The average molecular weight is 548 g/mol. The van der Waals surface area contributed by atoms with Crippen molar-refractivity contribution in [3.63, 3.8) is 0 Å². The number of carbonyl (C=O) groups excluding carboxylic acids is 2. The first-order chi connectivity index (χ1) is 19.1. The number of nitrogens with zero attached hydrogens (tertiary/aromatic N) is 5. The number of aryl methyl sites for hydroxylation is 2. The highest BCUT2D eigenvalue weighted by atomic mass is 19.3. The van der Waals surface area contributed by atoms with Gasteiger partial charge in [-0.15, -0.1) is 0 Å². The van der Waals surface area contributed by atoms with Crippen LogP contribution in [0.4, 0.5) is 8.78 Å². The highest BCUT2D eigenvalue weighted by molar-refractivity contribution is 5.97. The van der Waals surface area contributed by atoms with Crippen LogP contribution in [0.25, 0.3) is 0 Å². The van der Waals surface area contributed by atoms with Crippen LogP contribution in [0.5, 0.6) is 0 Å². The molecule has 4 fully saturated rings. The number of alkyl halides is 2. The summed E-state index contributed by atoms with van der Waals surface area (Å²) in [6.45, 7) is 9.02. The first kappa shape index (κ1) is 26.8. The number of carbonyl (C=O) groups is 2. The minimum Gasteiger partial charge on any atom is -0.341 e. The molecule has 3 aliphatic heterocycles. The smallest absolute Gasteiger partial charge is 0.255 e. The fourth-order valence-electron chi connectivity index (χ4n) is 7.39. The molecule has 4 heterocycles. The Labute approximate surface area is 233 Å². The summed E-state index contributed by atoms with van der Waals surface area (Å²) >= 11 is 0. The van der Waals surface area contributed by atoms with E-state index in [0.29, 0.717) is 41.9 Å². The molecule has 0 N–H and O–H groups in total. The van der Waals surface area contributed by atoms with E-state index in [1.54, 1.807) is 17.9 Å². The lowest BCUT2D eigenvalue weighted by Crippen LogP contribution is -2.64. The quantitative estimate of drug-likeness (QED) is 0.550. The van der Waals surface area contributed by atoms with Crippen molar-refractivity contribution >= 4 is 11.8 Å². The van der Waals surface area contributed by atoms with Crippen molar-refractivity contribution in [2.24, 2.45) is 17.8 Å². The summed E-state index contributed by atoms with van der Waals surface area (Å²) < 4.78 is 26.7. The van der Waals surface area contributed by atoms with E-state index in [1.165, 1.54) is 5.56 Å². The van der Waals surface area contributed by atoms with Gasteiger partial charge < -0.3 is 14.7 Å². The molecule has 3 saturated heterocycles. The molecule has 2 amide bonds. The molecule has 0 radical (unpaired) electrons. The number of fused-ring (bicyclic) bond motifs is 1. The van der Waals surface area contributed by atoms with E-state index in [2.05, 4.69) is 28.1 Å². The number of pyridine rings is 1. The predicted octanol–water partition coefficient (Wildman–Crippen LogP) is 3.79. The number of hydrogen-bond donors (Lipinski definition) is 0. The minimum absolute atomic E-state index is 0.000535. The molecule has 210 valence electrons.